The van der Waals surface area contributed by atoms with Gasteiger partial charge in [0.2, 0.25) is 0 Å². The average molecular weight is 572 g/mol. The van der Waals surface area contributed by atoms with Gasteiger partial charge in [-0.15, -0.1) is 0 Å². The topological polar surface area (TPSA) is 110 Å². The predicted molar refractivity (Wildman–Crippen MR) is 152 cm³/mol. The number of allylic oxidation sites excluding steroid dienone is 3. The van der Waals surface area contributed by atoms with E-state index in [2.05, 4.69) is 29.8 Å². The third-order valence-electron chi connectivity index (χ3n) is 9.37. The monoisotopic (exact) mass is 571 g/mol. The molecule has 5 unspecified atom stereocenters. The first kappa shape index (κ1) is 29.8. The molecular formula is C31H45N3O7. The summed E-state index contributed by atoms with van der Waals surface area (Å²) in [5.41, 5.74) is 1.35. The summed E-state index contributed by atoms with van der Waals surface area (Å²) in [6, 6.07) is 0. The average Bonchev–Trinajstić information content (AvgIpc) is 3.27. The number of nitrogens with zero attached hydrogens (tertiary/aromatic N) is 3. The Morgan fingerprint density at radius 2 is 2.07 bits per heavy atom. The Labute approximate surface area is 243 Å². The van der Waals surface area contributed by atoms with E-state index in [4.69, 9.17) is 19.0 Å². The number of hydrogen-bond donors (Lipinski definition) is 1. The first-order valence-electron chi connectivity index (χ1n) is 15.1. The van der Waals surface area contributed by atoms with Crippen molar-refractivity contribution in [1.82, 2.24) is 9.96 Å². The molecule has 7 atom stereocenters. The standard InChI is InChI=1S/C31H45N3O7/c1-6-10-34(41-11-7-2)26(35)17-33-16-24(23-14-25(38-5)29-28(20(23)4)39-18-40-29)27(30(36)37)31(33)15-21(31)13-22-12-19(3)8-9-32-22/h9,12,14,19-21,24,27-28H,6-8,10-11,13,15-18H2,1-5H3,(H,36,37)/t19?,20?,21?,24-,27+,28?,31?/m1/s1. The van der Waals surface area contributed by atoms with E-state index in [0.29, 0.717) is 50.0 Å². The van der Waals surface area contributed by atoms with Crippen LogP contribution in [-0.2, 0) is 28.6 Å². The summed E-state index contributed by atoms with van der Waals surface area (Å²) in [4.78, 5) is 39.4. The lowest BCUT2D eigenvalue weighted by Crippen LogP contribution is -2.47. The minimum absolute atomic E-state index is 0.0841. The number of carboxylic acid groups (broad SMARTS) is 1. The molecule has 0 bridgehead atoms. The summed E-state index contributed by atoms with van der Waals surface area (Å²) in [6.07, 6.45) is 9.71. The molecule has 3 aliphatic heterocycles. The number of rotatable bonds is 12. The minimum Gasteiger partial charge on any atom is -0.493 e. The predicted octanol–water partition coefficient (Wildman–Crippen LogP) is 4.15. The van der Waals surface area contributed by atoms with Gasteiger partial charge in [-0.2, -0.15) is 0 Å². The zero-order chi connectivity index (χ0) is 29.3. The highest BCUT2D eigenvalue weighted by Gasteiger charge is 2.71. The molecular weight excluding hydrogens is 526 g/mol. The number of aliphatic carboxylic acids is 1. The number of aliphatic imine (C=N–C) groups is 1. The summed E-state index contributed by atoms with van der Waals surface area (Å²) in [7, 11) is 1.59. The Balaban J connectivity index is 1.48. The quantitative estimate of drug-likeness (QED) is 0.348. The molecule has 10 heteroatoms. The number of carbonyl (C=O) groups is 2. The van der Waals surface area contributed by atoms with Gasteiger partial charge in [0.1, 0.15) is 6.10 Å². The van der Waals surface area contributed by atoms with Crippen LogP contribution in [0.5, 0.6) is 0 Å². The summed E-state index contributed by atoms with van der Waals surface area (Å²) in [5, 5.41) is 12.3. The van der Waals surface area contributed by atoms with Gasteiger partial charge in [-0.3, -0.25) is 24.3 Å². The van der Waals surface area contributed by atoms with Crippen molar-refractivity contribution in [2.45, 2.75) is 71.4 Å². The smallest absolute Gasteiger partial charge is 0.309 e. The second kappa shape index (κ2) is 12.3. The lowest BCUT2D eigenvalue weighted by molar-refractivity contribution is -0.188. The molecule has 10 nitrogen and oxygen atoms in total. The molecule has 0 radical (unpaired) electrons. The molecule has 0 aromatic heterocycles. The van der Waals surface area contributed by atoms with E-state index < -0.39 is 17.4 Å². The number of ether oxygens (including phenoxy) is 3. The van der Waals surface area contributed by atoms with E-state index in [-0.39, 0.29) is 43.1 Å². The van der Waals surface area contributed by atoms with Crippen LogP contribution in [0.2, 0.25) is 0 Å². The fourth-order valence-corrected chi connectivity index (χ4v) is 7.41. The lowest BCUT2D eigenvalue weighted by atomic mass is 9.74. The van der Waals surface area contributed by atoms with Crippen molar-refractivity contribution in [2.75, 3.05) is 40.1 Å². The van der Waals surface area contributed by atoms with Crippen molar-refractivity contribution < 1.29 is 33.7 Å². The summed E-state index contributed by atoms with van der Waals surface area (Å²) in [5.74, 6) is -0.291. The van der Waals surface area contributed by atoms with Gasteiger partial charge >= 0.3 is 5.97 Å². The molecule has 0 aromatic carbocycles. The summed E-state index contributed by atoms with van der Waals surface area (Å²) in [6.45, 7) is 9.95. The van der Waals surface area contributed by atoms with Gasteiger partial charge in [-0.25, -0.2) is 5.06 Å². The van der Waals surface area contributed by atoms with Crippen LogP contribution in [0.15, 0.2) is 39.9 Å². The fourth-order valence-electron chi connectivity index (χ4n) is 7.41. The zero-order valence-corrected chi connectivity index (χ0v) is 25.0. The number of methoxy groups -OCH3 is 1. The van der Waals surface area contributed by atoms with E-state index >= 15 is 0 Å². The van der Waals surface area contributed by atoms with Crippen molar-refractivity contribution in [3.05, 3.63) is 34.9 Å². The van der Waals surface area contributed by atoms with Crippen molar-refractivity contribution in [3.8, 4) is 0 Å². The van der Waals surface area contributed by atoms with Crippen molar-refractivity contribution in [3.63, 3.8) is 0 Å². The third kappa shape index (κ3) is 5.58. The first-order valence-corrected chi connectivity index (χ1v) is 15.1. The minimum atomic E-state index is -0.833. The zero-order valence-electron chi connectivity index (χ0n) is 25.0. The van der Waals surface area contributed by atoms with Crippen LogP contribution in [-0.4, -0.2) is 84.9 Å². The highest BCUT2D eigenvalue weighted by molar-refractivity contribution is 5.79. The van der Waals surface area contributed by atoms with Crippen molar-refractivity contribution >= 4 is 18.1 Å². The molecule has 5 rings (SSSR count). The molecule has 1 saturated carbocycles. The van der Waals surface area contributed by atoms with Gasteiger partial charge in [0.25, 0.3) is 5.91 Å². The second-order valence-corrected chi connectivity index (χ2v) is 12.1. The maximum atomic E-state index is 13.6. The molecule has 1 amide bonds. The lowest BCUT2D eigenvalue weighted by Gasteiger charge is -2.32. The summed E-state index contributed by atoms with van der Waals surface area (Å²) >= 11 is 0. The van der Waals surface area contributed by atoms with E-state index in [1.54, 1.807) is 7.11 Å². The maximum Gasteiger partial charge on any atom is 0.309 e. The Hall–Kier alpha value is -2.69. The van der Waals surface area contributed by atoms with Crippen LogP contribution in [0.25, 0.3) is 0 Å². The molecule has 5 aliphatic rings. The number of hydrogen-bond acceptors (Lipinski definition) is 8. The van der Waals surface area contributed by atoms with E-state index in [0.717, 1.165) is 30.5 Å². The number of fused-ring (bicyclic) bond motifs is 1. The Bertz CT molecular complexity index is 1150. The van der Waals surface area contributed by atoms with E-state index in [9.17, 15) is 14.7 Å². The van der Waals surface area contributed by atoms with Crippen LogP contribution in [0.3, 0.4) is 0 Å². The van der Waals surface area contributed by atoms with Gasteiger partial charge in [-0.05, 0) is 50.0 Å². The number of amides is 1. The van der Waals surface area contributed by atoms with Gasteiger partial charge < -0.3 is 19.3 Å². The van der Waals surface area contributed by atoms with Crippen LogP contribution in [0, 0.1) is 29.6 Å². The molecule has 1 spiro atoms. The summed E-state index contributed by atoms with van der Waals surface area (Å²) < 4.78 is 17.3. The number of carboxylic acids is 1. The van der Waals surface area contributed by atoms with Crippen LogP contribution < -0.4 is 0 Å². The third-order valence-corrected chi connectivity index (χ3v) is 9.37. The van der Waals surface area contributed by atoms with Crippen LogP contribution >= 0.6 is 0 Å². The van der Waals surface area contributed by atoms with Gasteiger partial charge in [0.05, 0.1) is 26.2 Å². The molecule has 3 fully saturated rings. The molecule has 41 heavy (non-hydrogen) atoms. The molecule has 0 aromatic rings. The SMILES string of the molecule is CCCON(CCC)C(=O)CN1C[C@H](C2=CC(OC)=C3OCOC3C2C)[C@@H](C(=O)O)C12CC2CC1=CC(C)CC=N1. The molecule has 2 saturated heterocycles. The molecule has 1 N–H and O–H groups in total. The Morgan fingerprint density at radius 1 is 1.27 bits per heavy atom. The van der Waals surface area contributed by atoms with Gasteiger partial charge in [0, 0.05) is 42.4 Å². The van der Waals surface area contributed by atoms with Gasteiger partial charge in [-0.1, -0.05) is 39.3 Å². The van der Waals surface area contributed by atoms with Crippen LogP contribution in [0.4, 0.5) is 0 Å². The van der Waals surface area contributed by atoms with E-state index in [1.807, 2.05) is 26.1 Å². The number of likely N-dealkylation sites (tertiary alicyclic amines) is 1. The van der Waals surface area contributed by atoms with E-state index in [1.165, 1.54) is 5.06 Å². The molecule has 226 valence electrons. The second-order valence-electron chi connectivity index (χ2n) is 12.1. The normalized spacial score (nSPS) is 34.3. The highest BCUT2D eigenvalue weighted by Crippen LogP contribution is 2.64. The number of carbonyl (C=O) groups excluding carboxylic acids is 1. The van der Waals surface area contributed by atoms with Gasteiger partial charge in [0.15, 0.2) is 18.3 Å². The van der Waals surface area contributed by atoms with Crippen molar-refractivity contribution in [2.24, 2.45) is 34.6 Å². The highest BCUT2D eigenvalue weighted by atomic mass is 16.7. The first-order chi connectivity index (χ1) is 19.7. The fraction of sp³-hybridized carbons (Fsp3) is 0.710. The molecule has 3 heterocycles. The Morgan fingerprint density at radius 3 is 2.76 bits per heavy atom. The van der Waals surface area contributed by atoms with Crippen molar-refractivity contribution in [1.29, 1.82) is 0 Å². The Kier molecular flexibility index (Phi) is 8.92. The maximum absolute atomic E-state index is 13.6. The number of hydroxylamine groups is 2. The largest absolute Gasteiger partial charge is 0.493 e. The van der Waals surface area contributed by atoms with Crippen LogP contribution in [0.1, 0.15) is 59.8 Å². The molecule has 2 aliphatic carbocycles.